The molecule has 1 atom stereocenters. The molecule has 1 aliphatic heterocycles. The van der Waals surface area contributed by atoms with Crippen molar-refractivity contribution in [2.75, 3.05) is 25.5 Å². The Bertz CT molecular complexity index is 1070. The molecule has 160 valence electrons. The summed E-state index contributed by atoms with van der Waals surface area (Å²) in [7, 11) is -2.34. The number of benzene rings is 2. The van der Waals surface area contributed by atoms with E-state index in [2.05, 4.69) is 5.32 Å². The minimum Gasteiger partial charge on any atom is -0.495 e. The Balaban J connectivity index is 1.87. The molecule has 1 aliphatic rings. The average Bonchev–Trinajstić information content (AvgIpc) is 2.73. The van der Waals surface area contributed by atoms with Gasteiger partial charge in [0.05, 0.1) is 22.6 Å². The molecule has 3 rings (SSSR count). The number of nitrogens with zero attached hydrogens (tertiary/aromatic N) is 2. The summed E-state index contributed by atoms with van der Waals surface area (Å²) in [5, 5.41) is 13.6. The lowest BCUT2D eigenvalue weighted by Crippen LogP contribution is -2.39. The van der Waals surface area contributed by atoms with Crippen molar-refractivity contribution in [3.8, 4) is 5.75 Å². The van der Waals surface area contributed by atoms with Crippen LogP contribution in [-0.2, 0) is 10.0 Å². The zero-order chi connectivity index (χ0) is 21.9. The van der Waals surface area contributed by atoms with Crippen LogP contribution in [0.1, 0.15) is 30.1 Å². The molecular weight excluding hydrogens is 410 g/mol. The van der Waals surface area contributed by atoms with E-state index in [-0.39, 0.29) is 33.5 Å². The lowest BCUT2D eigenvalue weighted by molar-refractivity contribution is -0.384. The van der Waals surface area contributed by atoms with E-state index in [9.17, 15) is 23.3 Å². The molecule has 1 saturated heterocycles. The number of nitro benzene ring substituents is 1. The number of non-ortho nitro benzene ring substituents is 1. The molecule has 0 saturated carbocycles. The van der Waals surface area contributed by atoms with Crippen molar-refractivity contribution in [1.82, 2.24) is 4.31 Å². The van der Waals surface area contributed by atoms with Gasteiger partial charge in [0.1, 0.15) is 5.75 Å². The molecule has 0 unspecified atom stereocenters. The van der Waals surface area contributed by atoms with Gasteiger partial charge >= 0.3 is 0 Å². The number of nitrogens with one attached hydrogen (secondary N) is 1. The number of carbonyl (C=O) groups is 1. The quantitative estimate of drug-likeness (QED) is 0.552. The number of piperidine rings is 1. The van der Waals surface area contributed by atoms with Crippen LogP contribution in [-0.4, -0.2) is 43.8 Å². The van der Waals surface area contributed by atoms with Gasteiger partial charge in [-0.2, -0.15) is 4.31 Å². The first-order valence-electron chi connectivity index (χ1n) is 9.46. The average molecular weight is 433 g/mol. The Morgan fingerprint density at radius 3 is 2.70 bits per heavy atom. The molecule has 0 aliphatic carbocycles. The molecule has 9 nitrogen and oxygen atoms in total. The van der Waals surface area contributed by atoms with Crippen LogP contribution in [0.4, 0.5) is 11.4 Å². The highest BCUT2D eigenvalue weighted by molar-refractivity contribution is 7.89. The summed E-state index contributed by atoms with van der Waals surface area (Å²) < 4.78 is 32.6. The highest BCUT2D eigenvalue weighted by atomic mass is 32.2. The predicted octanol–water partition coefficient (Wildman–Crippen LogP) is 3.28. The van der Waals surface area contributed by atoms with E-state index in [1.165, 1.54) is 53.9 Å². The first-order valence-corrected chi connectivity index (χ1v) is 10.9. The zero-order valence-corrected chi connectivity index (χ0v) is 17.5. The van der Waals surface area contributed by atoms with Crippen molar-refractivity contribution in [3.63, 3.8) is 0 Å². The van der Waals surface area contributed by atoms with Crippen LogP contribution in [0.2, 0.25) is 0 Å². The number of sulfonamides is 1. The van der Waals surface area contributed by atoms with Gasteiger partial charge in [-0.1, -0.05) is 13.0 Å². The zero-order valence-electron chi connectivity index (χ0n) is 16.7. The number of methoxy groups -OCH3 is 1. The van der Waals surface area contributed by atoms with Gasteiger partial charge in [0.2, 0.25) is 10.0 Å². The van der Waals surface area contributed by atoms with Crippen molar-refractivity contribution in [1.29, 1.82) is 0 Å². The fourth-order valence-corrected chi connectivity index (χ4v) is 5.06. The number of hydrogen-bond acceptors (Lipinski definition) is 6. The molecular formula is C20H23N3O6S. The maximum atomic E-state index is 13.0. The van der Waals surface area contributed by atoms with E-state index in [0.29, 0.717) is 13.1 Å². The first kappa shape index (κ1) is 21.7. The van der Waals surface area contributed by atoms with Gasteiger partial charge in [-0.25, -0.2) is 8.42 Å². The van der Waals surface area contributed by atoms with Crippen LogP contribution in [0, 0.1) is 16.0 Å². The van der Waals surface area contributed by atoms with Crippen LogP contribution in [0.25, 0.3) is 0 Å². The van der Waals surface area contributed by atoms with Gasteiger partial charge in [0.25, 0.3) is 11.6 Å². The van der Waals surface area contributed by atoms with Gasteiger partial charge in [0.15, 0.2) is 0 Å². The van der Waals surface area contributed by atoms with Crippen LogP contribution in [0.3, 0.4) is 0 Å². The summed E-state index contributed by atoms with van der Waals surface area (Å²) in [6.07, 6.45) is 1.78. The summed E-state index contributed by atoms with van der Waals surface area (Å²) in [4.78, 5) is 23.2. The fraction of sp³-hybridized carbons (Fsp3) is 0.350. The molecule has 2 aromatic carbocycles. The fourth-order valence-electron chi connectivity index (χ4n) is 3.41. The molecule has 10 heteroatoms. The topological polar surface area (TPSA) is 119 Å². The Morgan fingerprint density at radius 1 is 1.27 bits per heavy atom. The molecule has 1 heterocycles. The molecule has 0 bridgehead atoms. The number of anilines is 1. The second kappa shape index (κ2) is 8.80. The number of amides is 1. The third-order valence-electron chi connectivity index (χ3n) is 5.00. The number of nitro groups is 1. The predicted molar refractivity (Wildman–Crippen MR) is 111 cm³/mol. The molecule has 2 aromatic rings. The van der Waals surface area contributed by atoms with E-state index < -0.39 is 20.9 Å². The van der Waals surface area contributed by atoms with Crippen LogP contribution in [0.15, 0.2) is 47.4 Å². The maximum Gasteiger partial charge on any atom is 0.271 e. The van der Waals surface area contributed by atoms with Gasteiger partial charge in [-0.3, -0.25) is 14.9 Å². The third kappa shape index (κ3) is 4.60. The molecule has 1 fully saturated rings. The Labute approximate surface area is 174 Å². The van der Waals surface area contributed by atoms with Crippen molar-refractivity contribution in [3.05, 3.63) is 58.1 Å². The normalized spacial score (nSPS) is 17.3. The largest absolute Gasteiger partial charge is 0.495 e. The first-order chi connectivity index (χ1) is 14.2. The van der Waals surface area contributed by atoms with E-state index in [1.54, 1.807) is 0 Å². The minimum absolute atomic E-state index is 0.0373. The standard InChI is InChI=1S/C20H23N3O6S/c1-14-5-4-10-22(13-14)30(27,28)17-7-3-6-15(11-17)20(24)21-18-12-16(23(25)26)8-9-19(18)29-2/h3,6-9,11-12,14H,4-5,10,13H2,1-2H3,(H,21,24)/t14-/m1/s1. The van der Waals surface area contributed by atoms with E-state index in [4.69, 9.17) is 4.74 Å². The SMILES string of the molecule is COc1ccc([N+](=O)[O-])cc1NC(=O)c1cccc(S(=O)(=O)N2CCC[C@@H](C)C2)c1. The van der Waals surface area contributed by atoms with Gasteiger partial charge < -0.3 is 10.1 Å². The second-order valence-electron chi connectivity index (χ2n) is 7.23. The second-order valence-corrected chi connectivity index (χ2v) is 9.17. The lowest BCUT2D eigenvalue weighted by atomic mass is 10.0. The van der Waals surface area contributed by atoms with Crippen LogP contribution in [0.5, 0.6) is 5.75 Å². The summed E-state index contributed by atoms with van der Waals surface area (Å²) in [6.45, 7) is 2.91. The summed E-state index contributed by atoms with van der Waals surface area (Å²) in [5.74, 6) is -0.0702. The number of hydrogen-bond donors (Lipinski definition) is 1. The van der Waals surface area contributed by atoms with Crippen molar-refractivity contribution < 1.29 is 22.9 Å². The van der Waals surface area contributed by atoms with E-state index in [0.717, 1.165) is 12.8 Å². The molecule has 0 spiro atoms. The van der Waals surface area contributed by atoms with Crippen molar-refractivity contribution in [2.24, 2.45) is 5.92 Å². The highest BCUT2D eigenvalue weighted by Gasteiger charge is 2.29. The number of carbonyl (C=O) groups excluding carboxylic acids is 1. The molecule has 1 N–H and O–H groups in total. The van der Waals surface area contributed by atoms with Crippen LogP contribution < -0.4 is 10.1 Å². The van der Waals surface area contributed by atoms with Crippen molar-refractivity contribution in [2.45, 2.75) is 24.7 Å². The van der Waals surface area contributed by atoms with Gasteiger partial charge in [0, 0.05) is 30.8 Å². The Morgan fingerprint density at radius 2 is 2.03 bits per heavy atom. The monoisotopic (exact) mass is 433 g/mol. The maximum absolute atomic E-state index is 13.0. The van der Waals surface area contributed by atoms with Gasteiger partial charge in [-0.05, 0) is 43.0 Å². The van der Waals surface area contributed by atoms with Crippen molar-refractivity contribution >= 4 is 27.3 Å². The van der Waals surface area contributed by atoms with Crippen LogP contribution >= 0.6 is 0 Å². The number of ether oxygens (including phenoxy) is 1. The highest BCUT2D eigenvalue weighted by Crippen LogP contribution is 2.30. The molecule has 0 aromatic heterocycles. The van der Waals surface area contributed by atoms with E-state index in [1.807, 2.05) is 6.92 Å². The molecule has 30 heavy (non-hydrogen) atoms. The Kier molecular flexibility index (Phi) is 6.37. The summed E-state index contributed by atoms with van der Waals surface area (Å²) in [6, 6.07) is 9.59. The minimum atomic E-state index is -3.72. The summed E-state index contributed by atoms with van der Waals surface area (Å²) >= 11 is 0. The summed E-state index contributed by atoms with van der Waals surface area (Å²) in [5.41, 5.74) is 0.0335. The van der Waals surface area contributed by atoms with Gasteiger partial charge in [-0.15, -0.1) is 0 Å². The lowest BCUT2D eigenvalue weighted by Gasteiger charge is -2.30. The van der Waals surface area contributed by atoms with E-state index >= 15 is 0 Å². The Hall–Kier alpha value is -2.98. The smallest absolute Gasteiger partial charge is 0.271 e. The third-order valence-corrected chi connectivity index (χ3v) is 6.86. The molecule has 1 amide bonds. The molecule has 0 radical (unpaired) electrons. The number of rotatable bonds is 6.